The number of allylic oxidation sites excluding steroid dienone is 4. The Morgan fingerprint density at radius 2 is 2.00 bits per heavy atom. The average Bonchev–Trinajstić information content (AvgIpc) is 2.31. The molecule has 1 rings (SSSR count). The second-order valence-corrected chi connectivity index (χ2v) is 2.75. The van der Waals surface area contributed by atoms with E-state index in [2.05, 4.69) is 9.98 Å². The minimum Gasteiger partial charge on any atom is -0.211 e. The summed E-state index contributed by atoms with van der Waals surface area (Å²) < 4.78 is 0. The van der Waals surface area contributed by atoms with Gasteiger partial charge in [-0.05, 0) is 31.1 Å². The standard InChI is InChI=1S/C10H8N2O2/c1-8-3-2-4-9(11-6-13)5-10(8)12-7-14/h2,4-5H,3H2,1H3. The fourth-order valence-electron chi connectivity index (χ4n) is 1.07. The predicted molar refractivity (Wildman–Crippen MR) is 50.8 cm³/mol. The van der Waals surface area contributed by atoms with Gasteiger partial charge in [-0.3, -0.25) is 0 Å². The predicted octanol–water partition coefficient (Wildman–Crippen LogP) is 1.78. The maximum absolute atomic E-state index is 10.1. The first-order chi connectivity index (χ1) is 6.77. The first-order valence-corrected chi connectivity index (χ1v) is 4.01. The van der Waals surface area contributed by atoms with Gasteiger partial charge in [0.2, 0.25) is 12.2 Å². The summed E-state index contributed by atoms with van der Waals surface area (Å²) in [6, 6.07) is 0. The van der Waals surface area contributed by atoms with Crippen LogP contribution in [0.25, 0.3) is 0 Å². The highest BCUT2D eigenvalue weighted by molar-refractivity contribution is 5.47. The van der Waals surface area contributed by atoms with Crippen LogP contribution in [0.4, 0.5) is 0 Å². The van der Waals surface area contributed by atoms with Crippen molar-refractivity contribution in [3.8, 4) is 0 Å². The fraction of sp³-hybridized carbons (Fsp3) is 0.200. The van der Waals surface area contributed by atoms with E-state index >= 15 is 0 Å². The summed E-state index contributed by atoms with van der Waals surface area (Å²) >= 11 is 0. The summed E-state index contributed by atoms with van der Waals surface area (Å²) in [6.07, 6.45) is 8.65. The molecule has 0 bridgehead atoms. The summed E-state index contributed by atoms with van der Waals surface area (Å²) in [5, 5.41) is 0. The van der Waals surface area contributed by atoms with Crippen LogP contribution in [0.3, 0.4) is 0 Å². The lowest BCUT2D eigenvalue weighted by molar-refractivity contribution is 0.564. The SMILES string of the molecule is CC1=C(N=C=O)C=C(N=C=O)C=CC1. The van der Waals surface area contributed by atoms with Gasteiger partial charge in [0.25, 0.3) is 0 Å². The zero-order valence-electron chi connectivity index (χ0n) is 7.65. The van der Waals surface area contributed by atoms with Crippen molar-refractivity contribution in [3.05, 3.63) is 35.2 Å². The Bertz CT molecular complexity index is 417. The molecule has 0 radical (unpaired) electrons. The fourth-order valence-corrected chi connectivity index (χ4v) is 1.07. The van der Waals surface area contributed by atoms with E-state index in [4.69, 9.17) is 0 Å². The molecule has 0 fully saturated rings. The molecule has 0 heterocycles. The average molecular weight is 188 g/mol. The lowest BCUT2D eigenvalue weighted by Crippen LogP contribution is -1.80. The van der Waals surface area contributed by atoms with E-state index in [1.807, 2.05) is 13.0 Å². The normalized spacial score (nSPS) is 15.1. The summed E-state index contributed by atoms with van der Waals surface area (Å²) in [4.78, 5) is 27.1. The highest BCUT2D eigenvalue weighted by Gasteiger charge is 2.02. The van der Waals surface area contributed by atoms with Crippen LogP contribution >= 0.6 is 0 Å². The third kappa shape index (κ3) is 2.49. The van der Waals surface area contributed by atoms with Crippen LogP contribution in [-0.2, 0) is 9.59 Å². The maximum atomic E-state index is 10.1. The summed E-state index contributed by atoms with van der Waals surface area (Å²) in [5.41, 5.74) is 1.87. The second-order valence-electron chi connectivity index (χ2n) is 2.75. The van der Waals surface area contributed by atoms with Gasteiger partial charge in [0, 0.05) is 0 Å². The van der Waals surface area contributed by atoms with Crippen LogP contribution in [-0.4, -0.2) is 12.2 Å². The number of hydrogen-bond donors (Lipinski definition) is 0. The van der Waals surface area contributed by atoms with Crippen LogP contribution in [0.15, 0.2) is 45.2 Å². The molecule has 70 valence electrons. The van der Waals surface area contributed by atoms with E-state index in [1.165, 1.54) is 12.2 Å². The molecule has 0 saturated heterocycles. The van der Waals surface area contributed by atoms with Crippen molar-refractivity contribution < 1.29 is 9.59 Å². The molecule has 0 unspecified atom stereocenters. The van der Waals surface area contributed by atoms with Gasteiger partial charge >= 0.3 is 0 Å². The van der Waals surface area contributed by atoms with E-state index in [0.717, 1.165) is 5.57 Å². The molecule has 4 heteroatoms. The lowest BCUT2D eigenvalue weighted by atomic mass is 10.2. The van der Waals surface area contributed by atoms with Crippen molar-refractivity contribution in [2.24, 2.45) is 9.98 Å². The Morgan fingerprint density at radius 3 is 2.64 bits per heavy atom. The van der Waals surface area contributed by atoms with Crippen molar-refractivity contribution in [1.29, 1.82) is 0 Å². The zero-order valence-corrected chi connectivity index (χ0v) is 7.65. The van der Waals surface area contributed by atoms with Crippen molar-refractivity contribution in [2.45, 2.75) is 13.3 Å². The Kier molecular flexibility index (Phi) is 3.50. The number of nitrogens with zero attached hydrogens (tertiary/aromatic N) is 2. The smallest absolute Gasteiger partial charge is 0.211 e. The van der Waals surface area contributed by atoms with E-state index in [1.54, 1.807) is 12.2 Å². The number of carbonyl (C=O) groups excluding carboxylic acids is 2. The molecule has 0 aromatic heterocycles. The van der Waals surface area contributed by atoms with Crippen LogP contribution in [0.5, 0.6) is 0 Å². The highest BCUT2D eigenvalue weighted by atomic mass is 16.1. The molecule has 0 spiro atoms. The van der Waals surface area contributed by atoms with Gasteiger partial charge in [-0.2, -0.15) is 9.98 Å². The van der Waals surface area contributed by atoms with Crippen molar-refractivity contribution >= 4 is 12.2 Å². The van der Waals surface area contributed by atoms with Gasteiger partial charge in [0.05, 0.1) is 11.4 Å². The molecular formula is C10H8N2O2. The Labute approximate surface area is 81.1 Å². The van der Waals surface area contributed by atoms with Crippen LogP contribution in [0.2, 0.25) is 0 Å². The molecule has 4 nitrogen and oxygen atoms in total. The van der Waals surface area contributed by atoms with Gasteiger partial charge in [-0.15, -0.1) is 0 Å². The minimum absolute atomic E-state index is 0.436. The largest absolute Gasteiger partial charge is 0.240 e. The van der Waals surface area contributed by atoms with E-state index < -0.39 is 0 Å². The lowest BCUT2D eigenvalue weighted by Gasteiger charge is -1.95. The maximum Gasteiger partial charge on any atom is 0.240 e. The highest BCUT2D eigenvalue weighted by Crippen LogP contribution is 2.18. The van der Waals surface area contributed by atoms with E-state index in [0.29, 0.717) is 17.8 Å². The van der Waals surface area contributed by atoms with Crippen LogP contribution in [0, 0.1) is 0 Å². The summed E-state index contributed by atoms with van der Waals surface area (Å²) in [6.45, 7) is 1.85. The quantitative estimate of drug-likeness (QED) is 0.489. The minimum atomic E-state index is 0.436. The second kappa shape index (κ2) is 4.87. The van der Waals surface area contributed by atoms with Crippen molar-refractivity contribution in [2.75, 3.05) is 0 Å². The molecular weight excluding hydrogens is 180 g/mol. The number of aliphatic imine (C=N–C) groups is 2. The first-order valence-electron chi connectivity index (χ1n) is 4.01. The molecule has 0 amide bonds. The molecule has 1 aliphatic carbocycles. The van der Waals surface area contributed by atoms with Gasteiger partial charge in [0.1, 0.15) is 0 Å². The Balaban J connectivity index is 3.17. The van der Waals surface area contributed by atoms with Crippen LogP contribution < -0.4 is 0 Å². The monoisotopic (exact) mass is 188 g/mol. The molecule has 0 N–H and O–H groups in total. The third-order valence-electron chi connectivity index (χ3n) is 1.78. The van der Waals surface area contributed by atoms with Crippen LogP contribution in [0.1, 0.15) is 13.3 Å². The molecule has 0 atom stereocenters. The van der Waals surface area contributed by atoms with E-state index in [9.17, 15) is 9.59 Å². The molecule has 14 heavy (non-hydrogen) atoms. The number of rotatable bonds is 2. The van der Waals surface area contributed by atoms with Gasteiger partial charge in [-0.1, -0.05) is 6.08 Å². The molecule has 0 saturated carbocycles. The summed E-state index contributed by atoms with van der Waals surface area (Å²) in [7, 11) is 0. The Morgan fingerprint density at radius 1 is 1.29 bits per heavy atom. The molecule has 0 aromatic carbocycles. The van der Waals surface area contributed by atoms with E-state index in [-0.39, 0.29) is 0 Å². The molecule has 0 aliphatic heterocycles. The number of hydrogen-bond acceptors (Lipinski definition) is 4. The first kappa shape index (κ1) is 10.1. The molecule has 0 aromatic rings. The molecule has 1 aliphatic rings. The van der Waals surface area contributed by atoms with Gasteiger partial charge in [-0.25, -0.2) is 9.59 Å². The van der Waals surface area contributed by atoms with Crippen molar-refractivity contribution in [1.82, 2.24) is 0 Å². The Hall–Kier alpha value is -2.02. The third-order valence-corrected chi connectivity index (χ3v) is 1.78. The number of isocyanates is 2. The van der Waals surface area contributed by atoms with Gasteiger partial charge < -0.3 is 0 Å². The topological polar surface area (TPSA) is 58.9 Å². The zero-order chi connectivity index (χ0) is 10.4. The van der Waals surface area contributed by atoms with Crippen molar-refractivity contribution in [3.63, 3.8) is 0 Å². The van der Waals surface area contributed by atoms with Gasteiger partial charge in [0.15, 0.2) is 0 Å². The summed E-state index contributed by atoms with van der Waals surface area (Å²) in [5.74, 6) is 0.